The van der Waals surface area contributed by atoms with Crippen molar-refractivity contribution in [3.05, 3.63) is 34.6 Å². The summed E-state index contributed by atoms with van der Waals surface area (Å²) in [7, 11) is 2.08. The van der Waals surface area contributed by atoms with Gasteiger partial charge in [-0.3, -0.25) is 4.90 Å². The van der Waals surface area contributed by atoms with Crippen LogP contribution in [0.1, 0.15) is 31.4 Å². The molecule has 2 rings (SSSR count). The Hall–Kier alpha value is -0.640. The van der Waals surface area contributed by atoms with Gasteiger partial charge in [0.1, 0.15) is 5.82 Å². The van der Waals surface area contributed by atoms with E-state index in [-0.39, 0.29) is 16.9 Å². The van der Waals surface area contributed by atoms with Crippen LogP contribution in [-0.2, 0) is 0 Å². The monoisotopic (exact) mass is 270 g/mol. The second kappa shape index (κ2) is 5.55. The van der Waals surface area contributed by atoms with Gasteiger partial charge in [0, 0.05) is 18.6 Å². The molecule has 2 atom stereocenters. The fraction of sp³-hybridized carbons (Fsp3) is 0.571. The van der Waals surface area contributed by atoms with Crippen LogP contribution >= 0.6 is 11.6 Å². The minimum atomic E-state index is -0.368. The molecule has 2 N–H and O–H groups in total. The third-order valence-electron chi connectivity index (χ3n) is 3.97. The Morgan fingerprint density at radius 3 is 2.67 bits per heavy atom. The Morgan fingerprint density at radius 1 is 1.50 bits per heavy atom. The molecule has 1 saturated carbocycles. The molecule has 0 heterocycles. The molecule has 0 aromatic heterocycles. The van der Waals surface area contributed by atoms with Crippen molar-refractivity contribution in [1.29, 1.82) is 0 Å². The highest BCUT2D eigenvalue weighted by Gasteiger charge is 2.34. The standard InChI is InChI=1S/C14H20ClFN2/c1-9(11-5-6-13(16)12(15)7-11)18(2)14(8-17)10-3-4-10/h5-7,9-10,14H,3-4,8,17H2,1-2H3. The number of likely N-dealkylation sites (N-methyl/N-ethyl adjacent to an activating group) is 1. The summed E-state index contributed by atoms with van der Waals surface area (Å²) in [5.41, 5.74) is 6.89. The molecule has 18 heavy (non-hydrogen) atoms. The quantitative estimate of drug-likeness (QED) is 0.890. The molecule has 0 bridgehead atoms. The number of hydrogen-bond acceptors (Lipinski definition) is 2. The molecule has 2 unspecified atom stereocenters. The zero-order valence-electron chi connectivity index (χ0n) is 10.9. The number of nitrogens with zero attached hydrogens (tertiary/aromatic N) is 1. The van der Waals surface area contributed by atoms with Crippen LogP contribution in [0.15, 0.2) is 18.2 Å². The normalized spacial score (nSPS) is 19.0. The lowest BCUT2D eigenvalue weighted by molar-refractivity contribution is 0.170. The topological polar surface area (TPSA) is 29.3 Å². The SMILES string of the molecule is CC(c1ccc(F)c(Cl)c1)N(C)C(CN)C1CC1. The van der Waals surface area contributed by atoms with Crippen LogP contribution in [-0.4, -0.2) is 24.5 Å². The van der Waals surface area contributed by atoms with Crippen LogP contribution in [0.5, 0.6) is 0 Å². The van der Waals surface area contributed by atoms with Gasteiger partial charge in [0.2, 0.25) is 0 Å². The molecule has 0 radical (unpaired) electrons. The van der Waals surface area contributed by atoms with Gasteiger partial charge in [0.25, 0.3) is 0 Å². The first-order chi connectivity index (χ1) is 8.54. The van der Waals surface area contributed by atoms with E-state index < -0.39 is 0 Å². The second-order valence-corrected chi connectivity index (χ2v) is 5.56. The van der Waals surface area contributed by atoms with E-state index in [0.29, 0.717) is 12.6 Å². The fourth-order valence-corrected chi connectivity index (χ4v) is 2.66. The lowest BCUT2D eigenvalue weighted by Crippen LogP contribution is -2.41. The largest absolute Gasteiger partial charge is 0.329 e. The molecule has 1 aromatic rings. The van der Waals surface area contributed by atoms with Crippen molar-refractivity contribution in [2.75, 3.05) is 13.6 Å². The minimum absolute atomic E-state index is 0.184. The van der Waals surface area contributed by atoms with Crippen LogP contribution in [0.25, 0.3) is 0 Å². The summed E-state index contributed by atoms with van der Waals surface area (Å²) in [4.78, 5) is 2.28. The van der Waals surface area contributed by atoms with Crippen molar-refractivity contribution >= 4 is 11.6 Å². The van der Waals surface area contributed by atoms with Gasteiger partial charge in [0.05, 0.1) is 5.02 Å². The van der Waals surface area contributed by atoms with E-state index in [0.717, 1.165) is 11.5 Å². The van der Waals surface area contributed by atoms with E-state index in [9.17, 15) is 4.39 Å². The van der Waals surface area contributed by atoms with Crippen LogP contribution in [0.2, 0.25) is 5.02 Å². The van der Waals surface area contributed by atoms with E-state index in [4.69, 9.17) is 17.3 Å². The molecule has 1 fully saturated rings. The Morgan fingerprint density at radius 2 is 2.17 bits per heavy atom. The van der Waals surface area contributed by atoms with Gasteiger partial charge in [0.15, 0.2) is 0 Å². The third-order valence-corrected chi connectivity index (χ3v) is 4.26. The molecular weight excluding hydrogens is 251 g/mol. The molecule has 0 spiro atoms. The molecule has 0 amide bonds. The van der Waals surface area contributed by atoms with Gasteiger partial charge < -0.3 is 5.73 Å². The maximum atomic E-state index is 13.2. The first-order valence-electron chi connectivity index (χ1n) is 6.41. The average Bonchev–Trinajstić information content (AvgIpc) is 3.17. The predicted octanol–water partition coefficient (Wildman–Crippen LogP) is 3.21. The van der Waals surface area contributed by atoms with Gasteiger partial charge in [-0.05, 0) is 50.4 Å². The second-order valence-electron chi connectivity index (χ2n) is 5.16. The predicted molar refractivity (Wildman–Crippen MR) is 73.2 cm³/mol. The molecule has 2 nitrogen and oxygen atoms in total. The number of rotatable bonds is 5. The van der Waals surface area contributed by atoms with Crippen molar-refractivity contribution in [2.45, 2.75) is 31.8 Å². The molecule has 0 aliphatic heterocycles. The van der Waals surface area contributed by atoms with E-state index in [2.05, 4.69) is 18.9 Å². The number of nitrogens with two attached hydrogens (primary N) is 1. The van der Waals surface area contributed by atoms with Gasteiger partial charge in [-0.2, -0.15) is 0 Å². The minimum Gasteiger partial charge on any atom is -0.329 e. The van der Waals surface area contributed by atoms with Gasteiger partial charge in [-0.15, -0.1) is 0 Å². The summed E-state index contributed by atoms with van der Waals surface area (Å²) in [6, 6.07) is 5.53. The summed E-state index contributed by atoms with van der Waals surface area (Å²) in [6.07, 6.45) is 2.53. The molecule has 1 aromatic carbocycles. The first kappa shape index (κ1) is 13.8. The van der Waals surface area contributed by atoms with E-state index in [1.165, 1.54) is 18.9 Å². The van der Waals surface area contributed by atoms with E-state index in [1.54, 1.807) is 12.1 Å². The highest BCUT2D eigenvalue weighted by Crippen LogP contribution is 2.37. The van der Waals surface area contributed by atoms with Crippen molar-refractivity contribution in [2.24, 2.45) is 11.7 Å². The van der Waals surface area contributed by atoms with Crippen molar-refractivity contribution in [1.82, 2.24) is 4.90 Å². The Bertz CT molecular complexity index is 420. The van der Waals surface area contributed by atoms with Crippen LogP contribution in [0.4, 0.5) is 4.39 Å². The van der Waals surface area contributed by atoms with Crippen LogP contribution in [0, 0.1) is 11.7 Å². The van der Waals surface area contributed by atoms with Crippen molar-refractivity contribution < 1.29 is 4.39 Å². The summed E-state index contributed by atoms with van der Waals surface area (Å²) < 4.78 is 13.2. The Labute approximate surface area is 113 Å². The lowest BCUT2D eigenvalue weighted by Gasteiger charge is -2.33. The summed E-state index contributed by atoms with van der Waals surface area (Å²) in [6.45, 7) is 2.77. The number of benzene rings is 1. The Kier molecular flexibility index (Phi) is 4.25. The third kappa shape index (κ3) is 2.85. The van der Waals surface area contributed by atoms with Crippen LogP contribution < -0.4 is 5.73 Å². The smallest absolute Gasteiger partial charge is 0.141 e. The first-order valence-corrected chi connectivity index (χ1v) is 6.79. The maximum absolute atomic E-state index is 13.2. The molecule has 4 heteroatoms. The van der Waals surface area contributed by atoms with Gasteiger partial charge >= 0.3 is 0 Å². The van der Waals surface area contributed by atoms with E-state index in [1.807, 2.05) is 0 Å². The summed E-state index contributed by atoms with van der Waals surface area (Å²) >= 11 is 5.83. The zero-order valence-corrected chi connectivity index (χ0v) is 11.6. The van der Waals surface area contributed by atoms with Crippen molar-refractivity contribution in [3.63, 3.8) is 0 Å². The number of hydrogen-bond donors (Lipinski definition) is 1. The van der Waals surface area contributed by atoms with Gasteiger partial charge in [-0.1, -0.05) is 17.7 Å². The Balaban J connectivity index is 2.13. The zero-order chi connectivity index (χ0) is 13.3. The number of halogens is 2. The lowest BCUT2D eigenvalue weighted by atomic mass is 10.0. The molecule has 1 aliphatic rings. The van der Waals surface area contributed by atoms with Gasteiger partial charge in [-0.25, -0.2) is 4.39 Å². The molecule has 100 valence electrons. The fourth-order valence-electron chi connectivity index (χ4n) is 2.47. The van der Waals surface area contributed by atoms with Crippen LogP contribution in [0.3, 0.4) is 0 Å². The average molecular weight is 271 g/mol. The summed E-state index contributed by atoms with van der Waals surface area (Å²) in [5.74, 6) is 0.353. The maximum Gasteiger partial charge on any atom is 0.141 e. The highest BCUT2D eigenvalue weighted by molar-refractivity contribution is 6.30. The molecule has 1 aliphatic carbocycles. The molecular formula is C14H20ClFN2. The van der Waals surface area contributed by atoms with E-state index >= 15 is 0 Å². The summed E-state index contributed by atoms with van der Waals surface area (Å²) in [5, 5.41) is 0.184. The van der Waals surface area contributed by atoms with Crippen molar-refractivity contribution in [3.8, 4) is 0 Å². The highest BCUT2D eigenvalue weighted by atomic mass is 35.5. The molecule has 0 saturated heterocycles.